The minimum absolute atomic E-state index is 0.633. The predicted molar refractivity (Wildman–Crippen MR) is 102 cm³/mol. The number of hydrogen-bond donors (Lipinski definition) is 1. The third-order valence-corrected chi connectivity index (χ3v) is 5.00. The molecule has 112 valence electrons. The molecule has 2 aromatic rings. The van der Waals surface area contributed by atoms with Gasteiger partial charge < -0.3 is 10.1 Å². The van der Waals surface area contributed by atoms with Crippen molar-refractivity contribution in [1.82, 2.24) is 0 Å². The SMILES string of the molecule is CCOc1c(Br)cc(Br)cc1CNc1cc(Br)ccc1Br. The summed E-state index contributed by atoms with van der Waals surface area (Å²) >= 11 is 14.1. The van der Waals surface area contributed by atoms with E-state index in [0.29, 0.717) is 13.2 Å². The van der Waals surface area contributed by atoms with Gasteiger partial charge in [-0.25, -0.2) is 0 Å². The minimum atomic E-state index is 0.633. The molecular weight excluding hydrogens is 530 g/mol. The van der Waals surface area contributed by atoms with E-state index in [2.05, 4.69) is 75.1 Å². The fourth-order valence-corrected chi connectivity index (χ4v) is 4.05. The van der Waals surface area contributed by atoms with Crippen LogP contribution in [0.25, 0.3) is 0 Å². The van der Waals surface area contributed by atoms with Crippen molar-refractivity contribution in [2.75, 3.05) is 11.9 Å². The molecule has 0 saturated carbocycles. The van der Waals surface area contributed by atoms with E-state index < -0.39 is 0 Å². The van der Waals surface area contributed by atoms with Crippen molar-refractivity contribution in [3.63, 3.8) is 0 Å². The van der Waals surface area contributed by atoms with Gasteiger partial charge in [0.15, 0.2) is 0 Å². The summed E-state index contributed by atoms with van der Waals surface area (Å²) in [6.07, 6.45) is 0. The number of rotatable bonds is 5. The molecule has 6 heteroatoms. The lowest BCUT2D eigenvalue weighted by Crippen LogP contribution is -2.04. The van der Waals surface area contributed by atoms with Crippen LogP contribution < -0.4 is 10.1 Å². The van der Waals surface area contributed by atoms with Gasteiger partial charge in [0.1, 0.15) is 5.75 Å². The van der Waals surface area contributed by atoms with Gasteiger partial charge in [-0.05, 0) is 69.1 Å². The Labute approximate surface area is 158 Å². The van der Waals surface area contributed by atoms with Crippen LogP contribution in [0.15, 0.2) is 48.2 Å². The molecule has 0 bridgehead atoms. The zero-order valence-corrected chi connectivity index (χ0v) is 17.6. The van der Waals surface area contributed by atoms with E-state index in [4.69, 9.17) is 4.74 Å². The molecule has 2 aromatic carbocycles. The number of benzene rings is 2. The number of hydrogen-bond acceptors (Lipinski definition) is 2. The van der Waals surface area contributed by atoms with E-state index >= 15 is 0 Å². The second-order valence-electron chi connectivity index (χ2n) is 4.29. The van der Waals surface area contributed by atoms with Gasteiger partial charge in [-0.2, -0.15) is 0 Å². The Morgan fingerprint density at radius 3 is 2.43 bits per heavy atom. The summed E-state index contributed by atoms with van der Waals surface area (Å²) in [5.41, 5.74) is 2.12. The van der Waals surface area contributed by atoms with Gasteiger partial charge in [-0.3, -0.25) is 0 Å². The molecule has 2 rings (SSSR count). The maximum atomic E-state index is 5.74. The van der Waals surface area contributed by atoms with Crippen molar-refractivity contribution in [3.05, 3.63) is 53.8 Å². The summed E-state index contributed by atoms with van der Waals surface area (Å²) in [7, 11) is 0. The first kappa shape index (κ1) is 17.3. The topological polar surface area (TPSA) is 21.3 Å². The zero-order chi connectivity index (χ0) is 15.4. The average Bonchev–Trinajstić information content (AvgIpc) is 2.43. The summed E-state index contributed by atoms with van der Waals surface area (Å²) in [5, 5.41) is 3.42. The molecule has 0 heterocycles. The summed E-state index contributed by atoms with van der Waals surface area (Å²) < 4.78 is 9.76. The van der Waals surface area contributed by atoms with Gasteiger partial charge in [0, 0.05) is 31.2 Å². The summed E-state index contributed by atoms with van der Waals surface area (Å²) in [4.78, 5) is 0. The molecule has 0 aliphatic carbocycles. The van der Waals surface area contributed by atoms with Gasteiger partial charge in [-0.15, -0.1) is 0 Å². The highest BCUT2D eigenvalue weighted by Gasteiger charge is 2.10. The monoisotopic (exact) mass is 539 g/mol. The second kappa shape index (κ2) is 7.99. The zero-order valence-electron chi connectivity index (χ0n) is 11.2. The normalized spacial score (nSPS) is 10.5. The van der Waals surface area contributed by atoms with Crippen LogP contribution in [0, 0.1) is 0 Å². The molecule has 0 saturated heterocycles. The average molecular weight is 543 g/mol. The molecule has 1 N–H and O–H groups in total. The molecule has 0 atom stereocenters. The third-order valence-electron chi connectivity index (χ3n) is 2.77. The van der Waals surface area contributed by atoms with E-state index in [1.807, 2.05) is 31.2 Å². The van der Waals surface area contributed by atoms with Crippen LogP contribution in [0.1, 0.15) is 12.5 Å². The Kier molecular flexibility index (Phi) is 6.59. The van der Waals surface area contributed by atoms with Crippen molar-refractivity contribution in [1.29, 1.82) is 0 Å². The van der Waals surface area contributed by atoms with Crippen LogP contribution in [0.4, 0.5) is 5.69 Å². The fraction of sp³-hybridized carbons (Fsp3) is 0.200. The maximum Gasteiger partial charge on any atom is 0.138 e. The Morgan fingerprint density at radius 2 is 1.71 bits per heavy atom. The van der Waals surface area contributed by atoms with E-state index in [1.54, 1.807) is 0 Å². The van der Waals surface area contributed by atoms with Crippen LogP contribution in [0.2, 0.25) is 0 Å². The lowest BCUT2D eigenvalue weighted by atomic mass is 10.2. The molecular formula is C15H13Br4NO. The van der Waals surface area contributed by atoms with Gasteiger partial charge in [0.2, 0.25) is 0 Å². The highest BCUT2D eigenvalue weighted by Crippen LogP contribution is 2.34. The first-order valence-electron chi connectivity index (χ1n) is 6.31. The van der Waals surface area contributed by atoms with Gasteiger partial charge in [-0.1, -0.05) is 31.9 Å². The van der Waals surface area contributed by atoms with Crippen molar-refractivity contribution in [3.8, 4) is 5.75 Å². The quantitative estimate of drug-likeness (QED) is 0.451. The standard InChI is InChI=1S/C15H13Br4NO/c1-2-21-15-9(5-11(17)6-13(15)19)8-20-14-7-10(16)3-4-12(14)18/h3-7,20H,2,8H2,1H3. The highest BCUT2D eigenvalue weighted by atomic mass is 79.9. The summed E-state index contributed by atoms with van der Waals surface area (Å²) in [6, 6.07) is 10.1. The Bertz CT molecular complexity index is 646. The van der Waals surface area contributed by atoms with Crippen LogP contribution >= 0.6 is 63.7 Å². The molecule has 0 aliphatic heterocycles. The Morgan fingerprint density at radius 1 is 0.952 bits per heavy atom. The number of halogens is 4. The van der Waals surface area contributed by atoms with E-state index in [1.165, 1.54) is 0 Å². The Balaban J connectivity index is 2.25. The van der Waals surface area contributed by atoms with Crippen LogP contribution in [0.5, 0.6) is 5.75 Å². The second-order valence-corrected chi connectivity index (χ2v) is 7.83. The number of nitrogens with one attached hydrogen (secondary N) is 1. The van der Waals surface area contributed by atoms with E-state index in [0.717, 1.165) is 34.9 Å². The summed E-state index contributed by atoms with van der Waals surface area (Å²) in [6.45, 7) is 3.28. The molecule has 0 aliphatic rings. The molecule has 2 nitrogen and oxygen atoms in total. The smallest absolute Gasteiger partial charge is 0.138 e. The molecule has 0 aromatic heterocycles. The van der Waals surface area contributed by atoms with Gasteiger partial charge in [0.05, 0.1) is 11.1 Å². The molecule has 0 spiro atoms. The largest absolute Gasteiger partial charge is 0.492 e. The number of ether oxygens (including phenoxy) is 1. The molecule has 0 amide bonds. The van der Waals surface area contributed by atoms with Crippen LogP contribution in [-0.2, 0) is 6.54 Å². The fourth-order valence-electron chi connectivity index (χ4n) is 1.87. The van der Waals surface area contributed by atoms with E-state index in [-0.39, 0.29) is 0 Å². The predicted octanol–water partition coefficient (Wildman–Crippen LogP) is 6.75. The maximum absolute atomic E-state index is 5.74. The van der Waals surface area contributed by atoms with Crippen molar-refractivity contribution >= 4 is 69.4 Å². The summed E-state index contributed by atoms with van der Waals surface area (Å²) in [5.74, 6) is 0.874. The van der Waals surface area contributed by atoms with Crippen LogP contribution in [0.3, 0.4) is 0 Å². The highest BCUT2D eigenvalue weighted by molar-refractivity contribution is 9.11. The first-order valence-corrected chi connectivity index (χ1v) is 9.48. The molecule has 21 heavy (non-hydrogen) atoms. The minimum Gasteiger partial charge on any atom is -0.492 e. The van der Waals surface area contributed by atoms with Crippen molar-refractivity contribution in [2.45, 2.75) is 13.5 Å². The molecule has 0 unspecified atom stereocenters. The first-order chi connectivity index (χ1) is 10.0. The van der Waals surface area contributed by atoms with Crippen LogP contribution in [-0.4, -0.2) is 6.61 Å². The van der Waals surface area contributed by atoms with E-state index in [9.17, 15) is 0 Å². The molecule has 0 fully saturated rings. The molecule has 0 radical (unpaired) electrons. The lowest BCUT2D eigenvalue weighted by Gasteiger charge is -2.15. The van der Waals surface area contributed by atoms with Gasteiger partial charge >= 0.3 is 0 Å². The van der Waals surface area contributed by atoms with Gasteiger partial charge in [0.25, 0.3) is 0 Å². The van der Waals surface area contributed by atoms with Crippen molar-refractivity contribution in [2.24, 2.45) is 0 Å². The van der Waals surface area contributed by atoms with Crippen molar-refractivity contribution < 1.29 is 4.74 Å². The number of anilines is 1. The lowest BCUT2D eigenvalue weighted by molar-refractivity contribution is 0.334. The third kappa shape index (κ3) is 4.71. The Hall–Kier alpha value is -0.0400.